The monoisotopic (exact) mass is 347 g/mol. The van der Waals surface area contributed by atoms with Crippen molar-refractivity contribution in [2.24, 2.45) is 5.92 Å². The molecule has 6 nitrogen and oxygen atoms in total. The third kappa shape index (κ3) is 3.30. The Kier molecular flexibility index (Phi) is 4.88. The first-order chi connectivity index (χ1) is 11.5. The van der Waals surface area contributed by atoms with Gasteiger partial charge in [-0.1, -0.05) is 18.9 Å². The first-order valence-corrected chi connectivity index (χ1v) is 9.75. The first kappa shape index (κ1) is 16.9. The largest absolute Gasteiger partial charge is 0.340 e. The Labute approximate surface area is 142 Å². The van der Waals surface area contributed by atoms with Crippen LogP contribution in [-0.4, -0.2) is 49.7 Å². The van der Waals surface area contributed by atoms with Crippen LogP contribution in [0, 0.1) is 17.2 Å². The number of nitriles is 1. The Morgan fingerprint density at radius 2 is 1.79 bits per heavy atom. The molecule has 3 rings (SSSR count). The summed E-state index contributed by atoms with van der Waals surface area (Å²) in [5.41, 5.74) is 0.325. The van der Waals surface area contributed by atoms with Gasteiger partial charge in [0.15, 0.2) is 0 Å². The second-order valence-corrected chi connectivity index (χ2v) is 8.29. The highest BCUT2D eigenvalue weighted by Crippen LogP contribution is 2.27. The summed E-state index contributed by atoms with van der Waals surface area (Å²) >= 11 is 0. The number of rotatable bonds is 3. The van der Waals surface area contributed by atoms with E-state index in [-0.39, 0.29) is 16.7 Å². The molecule has 0 bridgehead atoms. The van der Waals surface area contributed by atoms with Crippen molar-refractivity contribution >= 4 is 15.9 Å². The molecular weight excluding hydrogens is 326 g/mol. The van der Waals surface area contributed by atoms with Crippen molar-refractivity contribution in [1.29, 1.82) is 5.26 Å². The number of sulfonamides is 1. The van der Waals surface area contributed by atoms with Crippen molar-refractivity contribution in [2.75, 3.05) is 26.2 Å². The maximum atomic E-state index is 12.7. The van der Waals surface area contributed by atoms with Crippen LogP contribution < -0.4 is 0 Å². The van der Waals surface area contributed by atoms with Gasteiger partial charge >= 0.3 is 0 Å². The molecule has 128 valence electrons. The minimum Gasteiger partial charge on any atom is -0.340 e. The Hall–Kier alpha value is -1.91. The molecule has 0 radical (unpaired) electrons. The topological polar surface area (TPSA) is 81.5 Å². The van der Waals surface area contributed by atoms with Gasteiger partial charge in [-0.2, -0.15) is 9.57 Å². The van der Waals surface area contributed by atoms with Crippen molar-refractivity contribution in [3.05, 3.63) is 29.8 Å². The van der Waals surface area contributed by atoms with Gasteiger partial charge in [0.2, 0.25) is 15.9 Å². The maximum Gasteiger partial charge on any atom is 0.243 e. The van der Waals surface area contributed by atoms with Crippen molar-refractivity contribution in [2.45, 2.75) is 30.6 Å². The smallest absolute Gasteiger partial charge is 0.243 e. The molecule has 2 aliphatic rings. The zero-order valence-electron chi connectivity index (χ0n) is 13.5. The fourth-order valence-electron chi connectivity index (χ4n) is 3.45. The van der Waals surface area contributed by atoms with Crippen LogP contribution in [0.2, 0.25) is 0 Å². The molecule has 0 unspecified atom stereocenters. The number of hydrogen-bond acceptors (Lipinski definition) is 4. The summed E-state index contributed by atoms with van der Waals surface area (Å²) in [5, 5.41) is 8.94. The molecule has 1 aromatic carbocycles. The summed E-state index contributed by atoms with van der Waals surface area (Å²) < 4.78 is 26.8. The fourth-order valence-corrected chi connectivity index (χ4v) is 4.92. The van der Waals surface area contributed by atoms with E-state index in [4.69, 9.17) is 5.26 Å². The van der Waals surface area contributed by atoms with E-state index in [9.17, 15) is 13.2 Å². The van der Waals surface area contributed by atoms with Gasteiger partial charge in [0.05, 0.1) is 16.5 Å². The van der Waals surface area contributed by atoms with E-state index in [0.29, 0.717) is 31.7 Å². The Bertz CT molecular complexity index is 756. The summed E-state index contributed by atoms with van der Waals surface area (Å²) in [6, 6.07) is 8.02. The lowest BCUT2D eigenvalue weighted by Crippen LogP contribution is -2.51. The highest BCUT2D eigenvalue weighted by atomic mass is 32.2. The molecule has 0 N–H and O–H groups in total. The number of hydrogen-bond donors (Lipinski definition) is 0. The second kappa shape index (κ2) is 6.91. The van der Waals surface area contributed by atoms with Crippen LogP contribution >= 0.6 is 0 Å². The molecular formula is C17H21N3O3S. The summed E-state index contributed by atoms with van der Waals surface area (Å²) in [7, 11) is -3.62. The number of amides is 1. The Morgan fingerprint density at radius 3 is 2.42 bits per heavy atom. The average molecular weight is 347 g/mol. The number of piperazine rings is 1. The lowest BCUT2D eigenvalue weighted by Gasteiger charge is -2.35. The second-order valence-electron chi connectivity index (χ2n) is 6.35. The predicted octanol–water partition coefficient (Wildman–Crippen LogP) is 1.58. The minimum atomic E-state index is -3.62. The van der Waals surface area contributed by atoms with Gasteiger partial charge in [0.1, 0.15) is 0 Å². The van der Waals surface area contributed by atoms with E-state index in [2.05, 4.69) is 0 Å². The fraction of sp³-hybridized carbons (Fsp3) is 0.529. The predicted molar refractivity (Wildman–Crippen MR) is 88.5 cm³/mol. The van der Waals surface area contributed by atoms with Crippen LogP contribution in [0.5, 0.6) is 0 Å². The van der Waals surface area contributed by atoms with Gasteiger partial charge < -0.3 is 4.90 Å². The molecule has 0 aromatic heterocycles. The van der Waals surface area contributed by atoms with E-state index in [0.717, 1.165) is 25.7 Å². The van der Waals surface area contributed by atoms with Crippen LogP contribution in [-0.2, 0) is 14.8 Å². The summed E-state index contributed by atoms with van der Waals surface area (Å²) in [4.78, 5) is 14.4. The average Bonchev–Trinajstić information content (AvgIpc) is 3.16. The molecule has 2 fully saturated rings. The highest BCUT2D eigenvalue weighted by Gasteiger charge is 2.33. The zero-order valence-corrected chi connectivity index (χ0v) is 14.3. The van der Waals surface area contributed by atoms with Gasteiger partial charge in [-0.15, -0.1) is 0 Å². The van der Waals surface area contributed by atoms with Crippen molar-refractivity contribution < 1.29 is 13.2 Å². The van der Waals surface area contributed by atoms with Gasteiger partial charge in [-0.25, -0.2) is 8.42 Å². The lowest BCUT2D eigenvalue weighted by molar-refractivity contribution is -0.136. The van der Waals surface area contributed by atoms with Crippen LogP contribution in [0.4, 0.5) is 0 Å². The van der Waals surface area contributed by atoms with Gasteiger partial charge in [-0.3, -0.25) is 4.79 Å². The zero-order chi connectivity index (χ0) is 17.2. The van der Waals surface area contributed by atoms with Gasteiger partial charge in [0, 0.05) is 32.1 Å². The number of nitrogens with zero attached hydrogens (tertiary/aromatic N) is 3. The minimum absolute atomic E-state index is 0.125. The van der Waals surface area contributed by atoms with Crippen LogP contribution in [0.3, 0.4) is 0 Å². The summed E-state index contributed by atoms with van der Waals surface area (Å²) in [6.07, 6.45) is 4.14. The van der Waals surface area contributed by atoms with Crippen molar-refractivity contribution in [3.63, 3.8) is 0 Å². The van der Waals surface area contributed by atoms with E-state index in [1.807, 2.05) is 6.07 Å². The quantitative estimate of drug-likeness (QED) is 0.831. The molecule has 1 amide bonds. The van der Waals surface area contributed by atoms with E-state index >= 15 is 0 Å². The van der Waals surface area contributed by atoms with Gasteiger partial charge in [-0.05, 0) is 31.0 Å². The Morgan fingerprint density at radius 1 is 1.12 bits per heavy atom. The maximum absolute atomic E-state index is 12.7. The molecule has 1 aliphatic heterocycles. The standard InChI is InChI=1S/C17H21N3O3S/c18-13-14-4-3-7-16(12-14)24(22,23)20-10-8-19(9-11-20)17(21)15-5-1-2-6-15/h3-4,7,12,15H,1-2,5-6,8-11H2. The molecule has 1 heterocycles. The van der Waals surface area contributed by atoms with Crippen LogP contribution in [0.15, 0.2) is 29.2 Å². The Balaban J connectivity index is 1.67. The third-order valence-corrected chi connectivity index (χ3v) is 6.75. The molecule has 1 aliphatic carbocycles. The lowest BCUT2D eigenvalue weighted by atomic mass is 10.1. The SMILES string of the molecule is N#Cc1cccc(S(=O)(=O)N2CCN(C(=O)C3CCCC3)CC2)c1. The van der Waals surface area contributed by atoms with Crippen molar-refractivity contribution in [3.8, 4) is 6.07 Å². The molecule has 0 atom stereocenters. The molecule has 0 spiro atoms. The van der Waals surface area contributed by atoms with E-state index < -0.39 is 10.0 Å². The van der Waals surface area contributed by atoms with E-state index in [1.54, 1.807) is 17.0 Å². The molecule has 24 heavy (non-hydrogen) atoms. The molecule has 1 saturated heterocycles. The third-order valence-electron chi connectivity index (χ3n) is 4.86. The van der Waals surface area contributed by atoms with Gasteiger partial charge in [0.25, 0.3) is 0 Å². The normalized spacial score (nSPS) is 20.0. The number of carbonyl (C=O) groups excluding carboxylic acids is 1. The first-order valence-electron chi connectivity index (χ1n) is 8.31. The summed E-state index contributed by atoms with van der Waals surface area (Å²) in [5.74, 6) is 0.302. The number of benzene rings is 1. The highest BCUT2D eigenvalue weighted by molar-refractivity contribution is 7.89. The van der Waals surface area contributed by atoms with Crippen LogP contribution in [0.1, 0.15) is 31.2 Å². The molecule has 1 aromatic rings. The van der Waals surface area contributed by atoms with E-state index in [1.165, 1.54) is 16.4 Å². The molecule has 7 heteroatoms. The molecule has 1 saturated carbocycles. The van der Waals surface area contributed by atoms with Crippen molar-refractivity contribution in [1.82, 2.24) is 9.21 Å². The summed E-state index contributed by atoms with van der Waals surface area (Å²) in [6.45, 7) is 1.48. The number of carbonyl (C=O) groups is 1. The van der Waals surface area contributed by atoms with Crippen LogP contribution in [0.25, 0.3) is 0 Å².